The number of carbonyl (C=O) groups is 1. The van der Waals surface area contributed by atoms with E-state index in [2.05, 4.69) is 15.5 Å². The zero-order valence-corrected chi connectivity index (χ0v) is 24.1. The first kappa shape index (κ1) is 29.6. The molecule has 1 saturated heterocycles. The second-order valence-electron chi connectivity index (χ2n) is 10.4. The Morgan fingerprint density at radius 1 is 1.07 bits per heavy atom. The van der Waals surface area contributed by atoms with Crippen molar-refractivity contribution in [2.24, 2.45) is 0 Å². The van der Waals surface area contributed by atoms with Crippen LogP contribution in [0.25, 0.3) is 15.2 Å². The van der Waals surface area contributed by atoms with Crippen molar-refractivity contribution >= 4 is 27.5 Å². The van der Waals surface area contributed by atoms with Crippen molar-refractivity contribution in [2.45, 2.75) is 70.2 Å². The lowest BCUT2D eigenvalue weighted by Gasteiger charge is -2.20. The molecule has 1 aliphatic carbocycles. The summed E-state index contributed by atoms with van der Waals surface area (Å²) in [5, 5.41) is 29.8. The van der Waals surface area contributed by atoms with Gasteiger partial charge in [-0.15, -0.1) is 4.80 Å². The third-order valence-corrected chi connectivity index (χ3v) is 8.94. The molecule has 1 saturated carbocycles. The number of ether oxygens (including phenoxy) is 1. The summed E-state index contributed by atoms with van der Waals surface area (Å²) in [5.41, 5.74) is 0.0940. The van der Waals surface area contributed by atoms with Crippen LogP contribution in [0.4, 0.5) is 4.39 Å². The van der Waals surface area contributed by atoms with Gasteiger partial charge in [0, 0.05) is 18.7 Å². The molecule has 224 valence electrons. The van der Waals surface area contributed by atoms with E-state index in [0.29, 0.717) is 45.1 Å². The number of aliphatic hydroxyl groups excluding tert-OH is 2. The molecule has 1 aliphatic heterocycles. The fourth-order valence-electron chi connectivity index (χ4n) is 5.40. The predicted octanol–water partition coefficient (Wildman–Crippen LogP) is 1.85. The number of aryl methyl sites for hydroxylation is 3. The lowest BCUT2D eigenvalue weighted by atomic mass is 9.95. The second-order valence-corrected chi connectivity index (χ2v) is 11.4. The van der Waals surface area contributed by atoms with Gasteiger partial charge in [0.1, 0.15) is 27.4 Å². The lowest BCUT2D eigenvalue weighted by molar-refractivity contribution is -0.122. The Balaban J connectivity index is 0.000000382. The molecule has 6 rings (SSSR count). The topological polar surface area (TPSA) is 153 Å². The fourth-order valence-corrected chi connectivity index (χ4v) is 6.63. The van der Waals surface area contributed by atoms with E-state index in [0.717, 1.165) is 30.3 Å². The molecule has 1 aromatic carbocycles. The van der Waals surface area contributed by atoms with Crippen LogP contribution in [-0.4, -0.2) is 66.1 Å². The molecule has 2 fully saturated rings. The second kappa shape index (κ2) is 12.5. The number of aliphatic hydroxyl groups is 2. The first-order chi connectivity index (χ1) is 20.2. The van der Waals surface area contributed by atoms with Gasteiger partial charge in [0.15, 0.2) is 0 Å². The number of hydrogen-bond acceptors (Lipinski definition) is 9. The largest absolute Gasteiger partial charge is 0.496 e. The standard InChI is InChI=1S/C22H21FN6O4S.C6H12O2/c1-12-17-19(31)28(15-5-7-24-18(15)30)22(32)27(21(17)34-20(12)29-25-8-9-26-29)10-6-13-11-14(23)3-4-16(13)33-2;7-5-1-2-6(8)4-3-5/h3-4,8-9,11,15H,5-7,10H2,1-2H3,(H,24,30);5-8H,1-4H2. The molecular weight excluding hydrogens is 567 g/mol. The number of thiophene rings is 1. The minimum absolute atomic E-state index is 0.140. The molecule has 12 nitrogen and oxygen atoms in total. The average molecular weight is 601 g/mol. The molecule has 3 N–H and O–H groups in total. The van der Waals surface area contributed by atoms with Gasteiger partial charge in [0.05, 0.1) is 37.1 Å². The first-order valence-corrected chi connectivity index (χ1v) is 14.6. The molecular formula is C28H33FN6O6S. The number of amides is 1. The molecule has 1 atom stereocenters. The molecule has 42 heavy (non-hydrogen) atoms. The summed E-state index contributed by atoms with van der Waals surface area (Å²) >= 11 is 1.22. The van der Waals surface area contributed by atoms with Crippen LogP contribution in [0.3, 0.4) is 0 Å². The van der Waals surface area contributed by atoms with Gasteiger partial charge in [0.25, 0.3) is 5.56 Å². The van der Waals surface area contributed by atoms with Crippen LogP contribution in [0.5, 0.6) is 5.75 Å². The van der Waals surface area contributed by atoms with Crippen molar-refractivity contribution in [3.05, 3.63) is 68.4 Å². The quantitative estimate of drug-likeness (QED) is 0.303. The Bertz CT molecular complexity index is 1680. The maximum Gasteiger partial charge on any atom is 0.332 e. The van der Waals surface area contributed by atoms with Crippen LogP contribution in [-0.2, 0) is 17.8 Å². The summed E-state index contributed by atoms with van der Waals surface area (Å²) in [4.78, 5) is 41.4. The van der Waals surface area contributed by atoms with E-state index in [1.165, 1.54) is 58.4 Å². The Morgan fingerprint density at radius 2 is 1.74 bits per heavy atom. The summed E-state index contributed by atoms with van der Waals surface area (Å²) in [6.07, 6.45) is 6.50. The zero-order valence-electron chi connectivity index (χ0n) is 23.3. The minimum Gasteiger partial charge on any atom is -0.496 e. The van der Waals surface area contributed by atoms with Crippen LogP contribution in [0.2, 0.25) is 0 Å². The Labute approximate surface area is 244 Å². The third-order valence-electron chi connectivity index (χ3n) is 7.66. The molecule has 0 radical (unpaired) electrons. The van der Waals surface area contributed by atoms with Crippen molar-refractivity contribution < 1.29 is 24.1 Å². The molecule has 1 unspecified atom stereocenters. The van der Waals surface area contributed by atoms with E-state index >= 15 is 0 Å². The highest BCUT2D eigenvalue weighted by molar-refractivity contribution is 7.21. The van der Waals surface area contributed by atoms with Crippen molar-refractivity contribution in [2.75, 3.05) is 13.7 Å². The van der Waals surface area contributed by atoms with Gasteiger partial charge in [-0.3, -0.25) is 14.2 Å². The van der Waals surface area contributed by atoms with Crippen molar-refractivity contribution in [1.29, 1.82) is 0 Å². The van der Waals surface area contributed by atoms with Crippen molar-refractivity contribution in [3.63, 3.8) is 0 Å². The number of nitrogens with zero attached hydrogens (tertiary/aromatic N) is 5. The molecule has 3 aromatic heterocycles. The van der Waals surface area contributed by atoms with Crippen LogP contribution >= 0.6 is 11.3 Å². The van der Waals surface area contributed by atoms with E-state index < -0.39 is 23.1 Å². The van der Waals surface area contributed by atoms with Gasteiger partial charge in [-0.2, -0.15) is 10.2 Å². The summed E-state index contributed by atoms with van der Waals surface area (Å²) in [6.45, 7) is 2.30. The number of hydrogen-bond donors (Lipinski definition) is 3. The Hall–Kier alpha value is -3.88. The van der Waals surface area contributed by atoms with E-state index in [4.69, 9.17) is 14.9 Å². The SMILES string of the molecule is COc1ccc(F)cc1CCn1c(=O)n(C2CCNC2=O)c(=O)c2c(C)c(-n3nccn3)sc21.OC1CCC(O)CC1. The number of benzene rings is 1. The highest BCUT2D eigenvalue weighted by Gasteiger charge is 2.31. The van der Waals surface area contributed by atoms with Crippen molar-refractivity contribution in [3.8, 4) is 10.8 Å². The maximum atomic E-state index is 13.9. The van der Waals surface area contributed by atoms with Gasteiger partial charge in [-0.05, 0) is 69.2 Å². The maximum absolute atomic E-state index is 13.9. The molecule has 4 aromatic rings. The number of carbonyl (C=O) groups excluding carboxylic acids is 1. The van der Waals surface area contributed by atoms with Crippen LogP contribution in [0.1, 0.15) is 49.3 Å². The van der Waals surface area contributed by atoms with Gasteiger partial charge in [-0.1, -0.05) is 11.3 Å². The average Bonchev–Trinajstić information content (AvgIpc) is 3.72. The monoisotopic (exact) mass is 600 g/mol. The fraction of sp³-hybridized carbons (Fsp3) is 0.464. The number of aromatic nitrogens is 5. The van der Waals surface area contributed by atoms with E-state index in [-0.39, 0.29) is 31.1 Å². The van der Waals surface area contributed by atoms with Gasteiger partial charge < -0.3 is 20.3 Å². The number of rotatable bonds is 6. The highest BCUT2D eigenvalue weighted by Crippen LogP contribution is 2.31. The third kappa shape index (κ3) is 5.87. The smallest absolute Gasteiger partial charge is 0.332 e. The van der Waals surface area contributed by atoms with Crippen LogP contribution in [0.15, 0.2) is 40.2 Å². The number of methoxy groups -OCH3 is 1. The van der Waals surface area contributed by atoms with Crippen molar-refractivity contribution in [1.82, 2.24) is 29.4 Å². The normalized spacial score (nSPS) is 20.3. The summed E-state index contributed by atoms with van der Waals surface area (Å²) < 4.78 is 21.7. The summed E-state index contributed by atoms with van der Waals surface area (Å²) in [7, 11) is 1.49. The molecule has 0 bridgehead atoms. The number of halogens is 1. The first-order valence-electron chi connectivity index (χ1n) is 13.8. The molecule has 14 heteroatoms. The minimum atomic E-state index is -0.884. The predicted molar refractivity (Wildman–Crippen MR) is 154 cm³/mol. The molecule has 2 aliphatic rings. The van der Waals surface area contributed by atoms with Gasteiger partial charge >= 0.3 is 5.69 Å². The van der Waals surface area contributed by atoms with Crippen LogP contribution < -0.4 is 21.3 Å². The number of fused-ring (bicyclic) bond motifs is 1. The molecule has 4 heterocycles. The van der Waals surface area contributed by atoms with Gasteiger partial charge in [-0.25, -0.2) is 13.8 Å². The zero-order chi connectivity index (χ0) is 30.0. The molecule has 0 spiro atoms. The van der Waals surface area contributed by atoms with Crippen LogP contribution in [0, 0.1) is 12.7 Å². The van der Waals surface area contributed by atoms with E-state index in [1.807, 2.05) is 0 Å². The Kier molecular flexibility index (Phi) is 8.85. The number of nitrogens with one attached hydrogen (secondary N) is 1. The summed E-state index contributed by atoms with van der Waals surface area (Å²) in [6, 6.07) is 3.31. The van der Waals surface area contributed by atoms with Gasteiger partial charge in [0.2, 0.25) is 5.91 Å². The van der Waals surface area contributed by atoms with E-state index in [1.54, 1.807) is 6.92 Å². The van der Waals surface area contributed by atoms with E-state index in [9.17, 15) is 18.8 Å². The summed E-state index contributed by atoms with van der Waals surface area (Å²) in [5.74, 6) is -0.281. The lowest BCUT2D eigenvalue weighted by Crippen LogP contribution is -2.44. The highest BCUT2D eigenvalue weighted by atomic mass is 32.1. The molecule has 1 amide bonds. The Morgan fingerprint density at radius 3 is 2.33 bits per heavy atom.